The van der Waals surface area contributed by atoms with Gasteiger partial charge in [-0.3, -0.25) is 0 Å². The molecule has 0 aliphatic rings. The molecule has 0 aliphatic carbocycles. The number of hydrogen-bond donors (Lipinski definition) is 1. The number of hydrogen-bond acceptors (Lipinski definition) is 1. The Kier molecular flexibility index (Phi) is 3.19. The number of halogens is 3. The summed E-state index contributed by atoms with van der Waals surface area (Å²) in [6.07, 6.45) is 0. The van der Waals surface area contributed by atoms with Gasteiger partial charge >= 0.3 is 0 Å². The van der Waals surface area contributed by atoms with Crippen molar-refractivity contribution in [3.05, 3.63) is 32.2 Å². The van der Waals surface area contributed by atoms with Crippen molar-refractivity contribution in [1.82, 2.24) is 0 Å². The lowest BCUT2D eigenvalue weighted by Crippen LogP contribution is -1.97. The summed E-state index contributed by atoms with van der Waals surface area (Å²) in [5, 5.41) is 1.21. The van der Waals surface area contributed by atoms with Crippen molar-refractivity contribution in [3.8, 4) is 0 Å². The Morgan fingerprint density at radius 2 is 1.73 bits per heavy atom. The van der Waals surface area contributed by atoms with Gasteiger partial charge in [-0.15, -0.1) is 0 Å². The van der Waals surface area contributed by atoms with E-state index in [1.54, 1.807) is 12.1 Å². The van der Waals surface area contributed by atoms with E-state index in [0.29, 0.717) is 16.6 Å². The van der Waals surface area contributed by atoms with Crippen LogP contribution < -0.4 is 5.73 Å². The van der Waals surface area contributed by atoms with Crippen molar-refractivity contribution >= 4 is 39.1 Å². The van der Waals surface area contributed by atoms with E-state index >= 15 is 0 Å². The fraction of sp³-hybridized carbons (Fsp3) is 0.143. The first-order valence-electron chi connectivity index (χ1n) is 2.98. The van der Waals surface area contributed by atoms with Crippen molar-refractivity contribution < 1.29 is 0 Å². The Balaban J connectivity index is 3.25. The lowest BCUT2D eigenvalue weighted by molar-refractivity contribution is 1.07. The molecule has 0 saturated carbocycles. The smallest absolute Gasteiger partial charge is 0.0477 e. The van der Waals surface area contributed by atoms with Crippen LogP contribution in [0.25, 0.3) is 0 Å². The Morgan fingerprint density at radius 1 is 1.27 bits per heavy atom. The average Bonchev–Trinajstić information content (AvgIpc) is 1.85. The van der Waals surface area contributed by atoms with Gasteiger partial charge in [0.05, 0.1) is 0 Å². The van der Waals surface area contributed by atoms with Gasteiger partial charge in [0.2, 0.25) is 0 Å². The second-order valence-electron chi connectivity index (χ2n) is 2.05. The van der Waals surface area contributed by atoms with Crippen LogP contribution >= 0.6 is 39.1 Å². The lowest BCUT2D eigenvalue weighted by Gasteiger charge is -2.03. The zero-order valence-corrected chi connectivity index (χ0v) is 8.67. The molecule has 0 spiro atoms. The average molecular weight is 255 g/mol. The maximum atomic E-state index is 5.84. The molecule has 1 nitrogen and oxygen atoms in total. The van der Waals surface area contributed by atoms with Gasteiger partial charge in [-0.2, -0.15) is 0 Å². The highest BCUT2D eigenvalue weighted by molar-refractivity contribution is 9.10. The Bertz CT molecular complexity index is 252. The molecule has 1 aromatic rings. The van der Waals surface area contributed by atoms with Gasteiger partial charge in [0, 0.05) is 26.6 Å². The van der Waals surface area contributed by atoms with Crippen LogP contribution in [0.5, 0.6) is 0 Å². The van der Waals surface area contributed by atoms with Crippen molar-refractivity contribution in [2.24, 2.45) is 5.73 Å². The molecule has 0 atom stereocenters. The normalized spacial score (nSPS) is 10.2. The van der Waals surface area contributed by atoms with E-state index in [2.05, 4.69) is 15.9 Å². The standard InChI is InChI=1S/C7H6BrCl2N/c8-4-1-6(9)5(3-11)7(10)2-4/h1-2H,3,11H2. The fourth-order valence-electron chi connectivity index (χ4n) is 0.767. The molecule has 0 unspecified atom stereocenters. The zero-order valence-electron chi connectivity index (χ0n) is 5.57. The first kappa shape index (κ1) is 9.33. The van der Waals surface area contributed by atoms with E-state index < -0.39 is 0 Å². The zero-order chi connectivity index (χ0) is 8.43. The molecular formula is C7H6BrCl2N. The molecule has 0 radical (unpaired) electrons. The highest BCUT2D eigenvalue weighted by Crippen LogP contribution is 2.28. The van der Waals surface area contributed by atoms with Crippen LogP contribution in [0.2, 0.25) is 10.0 Å². The third-order valence-electron chi connectivity index (χ3n) is 1.31. The highest BCUT2D eigenvalue weighted by Gasteiger charge is 2.04. The largest absolute Gasteiger partial charge is 0.326 e. The predicted molar refractivity (Wildman–Crippen MR) is 52.1 cm³/mol. The molecule has 0 saturated heterocycles. The van der Waals surface area contributed by atoms with E-state index in [1.165, 1.54) is 0 Å². The molecule has 1 aromatic carbocycles. The molecule has 60 valence electrons. The molecule has 0 amide bonds. The number of benzene rings is 1. The van der Waals surface area contributed by atoms with E-state index in [9.17, 15) is 0 Å². The minimum atomic E-state index is 0.366. The second kappa shape index (κ2) is 3.76. The van der Waals surface area contributed by atoms with E-state index in [4.69, 9.17) is 28.9 Å². The molecule has 1 rings (SSSR count). The molecular weight excluding hydrogens is 249 g/mol. The highest BCUT2D eigenvalue weighted by atomic mass is 79.9. The van der Waals surface area contributed by atoms with Crippen LogP contribution in [0, 0.1) is 0 Å². The summed E-state index contributed by atoms with van der Waals surface area (Å²) in [4.78, 5) is 0. The van der Waals surface area contributed by atoms with E-state index in [-0.39, 0.29) is 0 Å². The summed E-state index contributed by atoms with van der Waals surface area (Å²) in [6, 6.07) is 3.55. The first-order chi connectivity index (χ1) is 5.15. The van der Waals surface area contributed by atoms with Gasteiger partial charge in [-0.25, -0.2) is 0 Å². The van der Waals surface area contributed by atoms with Crippen molar-refractivity contribution in [1.29, 1.82) is 0 Å². The summed E-state index contributed by atoms with van der Waals surface area (Å²) < 4.78 is 0.865. The van der Waals surface area contributed by atoms with Crippen LogP contribution in [0.4, 0.5) is 0 Å². The fourth-order valence-corrected chi connectivity index (χ4v) is 2.13. The SMILES string of the molecule is NCc1c(Cl)cc(Br)cc1Cl. The Labute approximate surface area is 83.6 Å². The molecule has 11 heavy (non-hydrogen) atoms. The van der Waals surface area contributed by atoms with Crippen LogP contribution in [0.1, 0.15) is 5.56 Å². The summed E-state index contributed by atoms with van der Waals surface area (Å²) in [6.45, 7) is 0.366. The van der Waals surface area contributed by atoms with Crippen molar-refractivity contribution in [2.75, 3.05) is 0 Å². The number of rotatable bonds is 1. The van der Waals surface area contributed by atoms with E-state index in [0.717, 1.165) is 10.0 Å². The topological polar surface area (TPSA) is 26.0 Å². The second-order valence-corrected chi connectivity index (χ2v) is 3.78. The van der Waals surface area contributed by atoms with Gasteiger partial charge in [0.25, 0.3) is 0 Å². The molecule has 0 aromatic heterocycles. The summed E-state index contributed by atoms with van der Waals surface area (Å²) in [5.41, 5.74) is 6.21. The third kappa shape index (κ3) is 2.09. The maximum Gasteiger partial charge on any atom is 0.0477 e. The molecule has 2 N–H and O–H groups in total. The lowest BCUT2D eigenvalue weighted by atomic mass is 10.2. The van der Waals surface area contributed by atoms with Crippen LogP contribution in [0.15, 0.2) is 16.6 Å². The minimum Gasteiger partial charge on any atom is -0.326 e. The van der Waals surface area contributed by atoms with Crippen molar-refractivity contribution in [2.45, 2.75) is 6.54 Å². The quantitative estimate of drug-likeness (QED) is 0.819. The van der Waals surface area contributed by atoms with Gasteiger partial charge in [-0.1, -0.05) is 39.1 Å². The van der Waals surface area contributed by atoms with Gasteiger partial charge in [0.1, 0.15) is 0 Å². The maximum absolute atomic E-state index is 5.84. The van der Waals surface area contributed by atoms with E-state index in [1.807, 2.05) is 0 Å². The minimum absolute atomic E-state index is 0.366. The summed E-state index contributed by atoms with van der Waals surface area (Å²) in [7, 11) is 0. The molecule has 0 heterocycles. The first-order valence-corrected chi connectivity index (χ1v) is 4.53. The molecule has 4 heteroatoms. The molecule has 0 bridgehead atoms. The van der Waals surface area contributed by atoms with Crippen LogP contribution in [-0.4, -0.2) is 0 Å². The number of nitrogens with two attached hydrogens (primary N) is 1. The predicted octanol–water partition coefficient (Wildman–Crippen LogP) is 3.21. The monoisotopic (exact) mass is 253 g/mol. The Morgan fingerprint density at radius 3 is 2.09 bits per heavy atom. The van der Waals surface area contributed by atoms with Gasteiger partial charge in [-0.05, 0) is 12.1 Å². The van der Waals surface area contributed by atoms with Gasteiger partial charge in [0.15, 0.2) is 0 Å². The van der Waals surface area contributed by atoms with Crippen molar-refractivity contribution in [3.63, 3.8) is 0 Å². The third-order valence-corrected chi connectivity index (χ3v) is 2.44. The van der Waals surface area contributed by atoms with Crippen LogP contribution in [0.3, 0.4) is 0 Å². The molecule has 0 fully saturated rings. The van der Waals surface area contributed by atoms with Gasteiger partial charge < -0.3 is 5.73 Å². The Hall–Kier alpha value is 0.240. The van der Waals surface area contributed by atoms with Crippen LogP contribution in [-0.2, 0) is 6.54 Å². The molecule has 0 aliphatic heterocycles. The summed E-state index contributed by atoms with van der Waals surface area (Å²) >= 11 is 14.9. The summed E-state index contributed by atoms with van der Waals surface area (Å²) in [5.74, 6) is 0.